The Balaban J connectivity index is 2.06. The first-order valence-corrected chi connectivity index (χ1v) is 6.50. The van der Waals surface area contributed by atoms with Crippen LogP contribution in [0.25, 0.3) is 0 Å². The SMILES string of the molecule is O=C(CCS)NCC1CCCCS1. The quantitative estimate of drug-likeness (QED) is 0.705. The Morgan fingerprint density at radius 1 is 1.54 bits per heavy atom. The van der Waals surface area contributed by atoms with E-state index in [2.05, 4.69) is 17.9 Å². The number of rotatable bonds is 4. The molecule has 1 aliphatic rings. The molecule has 2 nitrogen and oxygen atoms in total. The van der Waals surface area contributed by atoms with Crippen molar-refractivity contribution in [3.05, 3.63) is 0 Å². The maximum absolute atomic E-state index is 11.1. The predicted molar refractivity (Wildman–Crippen MR) is 61.6 cm³/mol. The van der Waals surface area contributed by atoms with Gasteiger partial charge in [0.2, 0.25) is 5.91 Å². The van der Waals surface area contributed by atoms with Crippen molar-refractivity contribution in [2.24, 2.45) is 0 Å². The Morgan fingerprint density at radius 3 is 3.00 bits per heavy atom. The number of thiol groups is 1. The first-order chi connectivity index (χ1) is 6.33. The highest BCUT2D eigenvalue weighted by Crippen LogP contribution is 2.24. The molecule has 1 saturated heterocycles. The lowest BCUT2D eigenvalue weighted by Gasteiger charge is -2.21. The fourth-order valence-corrected chi connectivity index (χ4v) is 2.83. The molecule has 1 N–H and O–H groups in total. The van der Waals surface area contributed by atoms with Gasteiger partial charge in [0, 0.05) is 18.2 Å². The van der Waals surface area contributed by atoms with Crippen LogP contribution in [0.15, 0.2) is 0 Å². The van der Waals surface area contributed by atoms with Gasteiger partial charge in [-0.1, -0.05) is 6.42 Å². The fraction of sp³-hybridized carbons (Fsp3) is 0.889. The Labute approximate surface area is 89.6 Å². The molecule has 0 aromatic rings. The normalized spacial score (nSPS) is 22.7. The van der Waals surface area contributed by atoms with E-state index in [-0.39, 0.29) is 5.91 Å². The molecule has 1 fully saturated rings. The van der Waals surface area contributed by atoms with Gasteiger partial charge in [0.25, 0.3) is 0 Å². The lowest BCUT2D eigenvalue weighted by atomic mass is 10.2. The average molecular weight is 219 g/mol. The molecule has 1 unspecified atom stereocenters. The standard InChI is InChI=1S/C9H17NOS2/c11-9(4-5-12)10-7-8-3-1-2-6-13-8/h8,12H,1-7H2,(H,10,11). The van der Waals surface area contributed by atoms with Crippen LogP contribution < -0.4 is 5.32 Å². The smallest absolute Gasteiger partial charge is 0.220 e. The number of amides is 1. The van der Waals surface area contributed by atoms with Gasteiger partial charge in [-0.05, 0) is 24.3 Å². The fourth-order valence-electron chi connectivity index (χ4n) is 1.39. The molecule has 0 saturated carbocycles. The Kier molecular flexibility index (Phi) is 5.71. The summed E-state index contributed by atoms with van der Waals surface area (Å²) >= 11 is 6.00. The summed E-state index contributed by atoms with van der Waals surface area (Å²) in [6, 6.07) is 0. The second-order valence-electron chi connectivity index (χ2n) is 3.27. The number of carbonyl (C=O) groups excluding carboxylic acids is 1. The van der Waals surface area contributed by atoms with E-state index in [1.54, 1.807) is 0 Å². The van der Waals surface area contributed by atoms with Gasteiger partial charge in [0.15, 0.2) is 0 Å². The average Bonchev–Trinajstić information content (AvgIpc) is 2.17. The minimum Gasteiger partial charge on any atom is -0.355 e. The van der Waals surface area contributed by atoms with Crippen molar-refractivity contribution in [2.75, 3.05) is 18.1 Å². The summed E-state index contributed by atoms with van der Waals surface area (Å²) in [6.07, 6.45) is 4.46. The van der Waals surface area contributed by atoms with Crippen molar-refractivity contribution in [1.82, 2.24) is 5.32 Å². The van der Waals surface area contributed by atoms with E-state index in [4.69, 9.17) is 0 Å². The summed E-state index contributed by atoms with van der Waals surface area (Å²) in [5.41, 5.74) is 0. The first-order valence-electron chi connectivity index (χ1n) is 4.82. The van der Waals surface area contributed by atoms with Crippen LogP contribution in [0, 0.1) is 0 Å². The number of hydrogen-bond acceptors (Lipinski definition) is 3. The Hall–Kier alpha value is 0.170. The second-order valence-corrected chi connectivity index (χ2v) is 5.12. The number of carbonyl (C=O) groups is 1. The third-order valence-corrected chi connectivity index (χ3v) is 3.76. The van der Waals surface area contributed by atoms with E-state index in [9.17, 15) is 4.79 Å². The molecule has 0 bridgehead atoms. The highest BCUT2D eigenvalue weighted by atomic mass is 32.2. The maximum atomic E-state index is 11.1. The minimum absolute atomic E-state index is 0.140. The van der Waals surface area contributed by atoms with Crippen LogP contribution in [-0.4, -0.2) is 29.2 Å². The molecule has 1 aliphatic heterocycles. The molecule has 1 rings (SSSR count). The number of thioether (sulfide) groups is 1. The van der Waals surface area contributed by atoms with E-state index >= 15 is 0 Å². The molecular formula is C9H17NOS2. The summed E-state index contributed by atoms with van der Waals surface area (Å²) in [5.74, 6) is 2.04. The van der Waals surface area contributed by atoms with Gasteiger partial charge in [0.1, 0.15) is 0 Å². The molecule has 4 heteroatoms. The van der Waals surface area contributed by atoms with Crippen molar-refractivity contribution in [3.8, 4) is 0 Å². The third kappa shape index (κ3) is 4.81. The van der Waals surface area contributed by atoms with Crippen LogP contribution in [0.1, 0.15) is 25.7 Å². The minimum atomic E-state index is 0.140. The molecular weight excluding hydrogens is 202 g/mol. The van der Waals surface area contributed by atoms with Gasteiger partial charge in [-0.15, -0.1) is 0 Å². The Bertz CT molecular complexity index is 158. The molecule has 0 radical (unpaired) electrons. The van der Waals surface area contributed by atoms with Crippen LogP contribution in [0.3, 0.4) is 0 Å². The topological polar surface area (TPSA) is 29.1 Å². The van der Waals surface area contributed by atoms with Crippen molar-refractivity contribution in [1.29, 1.82) is 0 Å². The second kappa shape index (κ2) is 6.60. The zero-order valence-corrected chi connectivity index (χ0v) is 9.50. The van der Waals surface area contributed by atoms with Gasteiger partial charge in [-0.2, -0.15) is 24.4 Å². The predicted octanol–water partition coefficient (Wildman–Crippen LogP) is 1.71. The summed E-state index contributed by atoms with van der Waals surface area (Å²) in [6.45, 7) is 0.845. The van der Waals surface area contributed by atoms with E-state index in [0.717, 1.165) is 6.54 Å². The van der Waals surface area contributed by atoms with Gasteiger partial charge < -0.3 is 5.32 Å². The van der Waals surface area contributed by atoms with E-state index < -0.39 is 0 Å². The highest BCUT2D eigenvalue weighted by molar-refractivity contribution is 7.99. The molecule has 76 valence electrons. The van der Waals surface area contributed by atoms with Crippen LogP contribution in [-0.2, 0) is 4.79 Å². The van der Waals surface area contributed by atoms with Crippen molar-refractivity contribution < 1.29 is 4.79 Å². The summed E-state index contributed by atoms with van der Waals surface area (Å²) in [7, 11) is 0. The molecule has 13 heavy (non-hydrogen) atoms. The van der Waals surface area contributed by atoms with Crippen LogP contribution in [0.2, 0.25) is 0 Å². The lowest BCUT2D eigenvalue weighted by molar-refractivity contribution is -0.120. The van der Waals surface area contributed by atoms with Crippen molar-refractivity contribution in [3.63, 3.8) is 0 Å². The molecule has 0 aliphatic carbocycles. The van der Waals surface area contributed by atoms with Crippen LogP contribution >= 0.6 is 24.4 Å². The van der Waals surface area contributed by atoms with Crippen molar-refractivity contribution in [2.45, 2.75) is 30.9 Å². The molecule has 1 amide bonds. The lowest BCUT2D eigenvalue weighted by Crippen LogP contribution is -2.31. The molecule has 0 aromatic carbocycles. The largest absolute Gasteiger partial charge is 0.355 e. The zero-order chi connectivity index (χ0) is 9.52. The summed E-state index contributed by atoms with van der Waals surface area (Å²) < 4.78 is 0. The first kappa shape index (κ1) is 11.2. The summed E-state index contributed by atoms with van der Waals surface area (Å²) in [4.78, 5) is 11.1. The Morgan fingerprint density at radius 2 is 2.38 bits per heavy atom. The molecule has 0 aromatic heterocycles. The molecule has 0 spiro atoms. The highest BCUT2D eigenvalue weighted by Gasteiger charge is 2.14. The monoisotopic (exact) mass is 219 g/mol. The van der Waals surface area contributed by atoms with Gasteiger partial charge in [-0.3, -0.25) is 4.79 Å². The van der Waals surface area contributed by atoms with Crippen molar-refractivity contribution >= 4 is 30.3 Å². The molecule has 1 heterocycles. The zero-order valence-electron chi connectivity index (χ0n) is 7.79. The number of hydrogen-bond donors (Lipinski definition) is 2. The third-order valence-electron chi connectivity index (χ3n) is 2.14. The maximum Gasteiger partial charge on any atom is 0.220 e. The van der Waals surface area contributed by atoms with Crippen LogP contribution in [0.4, 0.5) is 0 Å². The summed E-state index contributed by atoms with van der Waals surface area (Å²) in [5, 5.41) is 3.60. The van der Waals surface area contributed by atoms with E-state index in [0.29, 0.717) is 17.4 Å². The van der Waals surface area contributed by atoms with E-state index in [1.807, 2.05) is 11.8 Å². The van der Waals surface area contributed by atoms with Gasteiger partial charge in [0.05, 0.1) is 0 Å². The van der Waals surface area contributed by atoms with Crippen LogP contribution in [0.5, 0.6) is 0 Å². The molecule has 1 atom stereocenters. The van der Waals surface area contributed by atoms with E-state index in [1.165, 1.54) is 25.0 Å². The van der Waals surface area contributed by atoms with Gasteiger partial charge >= 0.3 is 0 Å². The number of nitrogens with one attached hydrogen (secondary N) is 1. The van der Waals surface area contributed by atoms with Gasteiger partial charge in [-0.25, -0.2) is 0 Å².